The molecule has 0 N–H and O–H groups in total. The lowest BCUT2D eigenvalue weighted by Gasteiger charge is -2.21. The highest BCUT2D eigenvalue weighted by molar-refractivity contribution is 9.11. The molecular formula is C12H19Br2NS. The first kappa shape index (κ1) is 14.7. The second-order valence-electron chi connectivity index (χ2n) is 4.26. The van der Waals surface area contributed by atoms with Gasteiger partial charge in [0.25, 0.3) is 0 Å². The summed E-state index contributed by atoms with van der Waals surface area (Å²) in [6.45, 7) is 4.48. The summed E-state index contributed by atoms with van der Waals surface area (Å²) in [7, 11) is 2.21. The molecule has 1 aromatic heterocycles. The van der Waals surface area contributed by atoms with Crippen LogP contribution in [0.4, 0.5) is 0 Å². The van der Waals surface area contributed by atoms with Crippen molar-refractivity contribution in [3.63, 3.8) is 0 Å². The van der Waals surface area contributed by atoms with Gasteiger partial charge in [0.15, 0.2) is 0 Å². The minimum Gasteiger partial charge on any atom is -0.302 e. The van der Waals surface area contributed by atoms with E-state index < -0.39 is 0 Å². The number of rotatable bonds is 7. The van der Waals surface area contributed by atoms with Crippen LogP contribution in [0.5, 0.6) is 0 Å². The zero-order valence-corrected chi connectivity index (χ0v) is 13.9. The number of thiophene rings is 1. The van der Waals surface area contributed by atoms with Crippen molar-refractivity contribution >= 4 is 43.2 Å². The third-order valence-corrected chi connectivity index (χ3v) is 5.03. The van der Waals surface area contributed by atoms with Gasteiger partial charge in [-0.3, -0.25) is 0 Å². The summed E-state index contributed by atoms with van der Waals surface area (Å²) in [5.74, 6) is 0.775. The van der Waals surface area contributed by atoms with E-state index in [2.05, 4.69) is 62.2 Å². The smallest absolute Gasteiger partial charge is 0.0701 e. The van der Waals surface area contributed by atoms with Gasteiger partial charge in [0.1, 0.15) is 0 Å². The normalized spacial score (nSPS) is 13.3. The van der Waals surface area contributed by atoms with E-state index in [4.69, 9.17) is 0 Å². The molecule has 1 nitrogen and oxygen atoms in total. The van der Waals surface area contributed by atoms with Gasteiger partial charge in [-0.25, -0.2) is 0 Å². The van der Waals surface area contributed by atoms with Gasteiger partial charge in [-0.15, -0.1) is 11.3 Å². The Morgan fingerprint density at radius 2 is 2.25 bits per heavy atom. The molecule has 1 heterocycles. The molecule has 0 saturated heterocycles. The van der Waals surface area contributed by atoms with Gasteiger partial charge in [0, 0.05) is 18.4 Å². The van der Waals surface area contributed by atoms with E-state index in [9.17, 15) is 0 Å². The highest BCUT2D eigenvalue weighted by Gasteiger charge is 2.10. The minimum atomic E-state index is 0.775. The van der Waals surface area contributed by atoms with Crippen molar-refractivity contribution in [1.29, 1.82) is 0 Å². The van der Waals surface area contributed by atoms with E-state index in [0.717, 1.165) is 17.8 Å². The summed E-state index contributed by atoms with van der Waals surface area (Å²) in [6.07, 6.45) is 2.58. The molecule has 0 aliphatic heterocycles. The van der Waals surface area contributed by atoms with Crippen LogP contribution in [-0.4, -0.2) is 23.8 Å². The minimum absolute atomic E-state index is 0.775. The van der Waals surface area contributed by atoms with E-state index in [1.54, 1.807) is 11.3 Å². The maximum absolute atomic E-state index is 3.60. The van der Waals surface area contributed by atoms with E-state index in [1.807, 2.05) is 0 Å². The molecule has 1 atom stereocenters. The van der Waals surface area contributed by atoms with Gasteiger partial charge >= 0.3 is 0 Å². The molecule has 0 fully saturated rings. The molecule has 16 heavy (non-hydrogen) atoms. The number of alkyl halides is 1. The zero-order valence-electron chi connectivity index (χ0n) is 9.88. The molecule has 1 unspecified atom stereocenters. The first-order chi connectivity index (χ1) is 7.65. The highest BCUT2D eigenvalue weighted by Crippen LogP contribution is 2.22. The summed E-state index contributed by atoms with van der Waals surface area (Å²) in [4.78, 5) is 2.41. The summed E-state index contributed by atoms with van der Waals surface area (Å²) in [5, 5.41) is 3.34. The molecule has 0 aliphatic carbocycles. The highest BCUT2D eigenvalue weighted by atomic mass is 79.9. The van der Waals surface area contributed by atoms with Crippen LogP contribution >= 0.6 is 43.2 Å². The van der Waals surface area contributed by atoms with E-state index >= 15 is 0 Å². The predicted molar refractivity (Wildman–Crippen MR) is 80.5 cm³/mol. The Kier molecular flexibility index (Phi) is 7.20. The van der Waals surface area contributed by atoms with Crippen molar-refractivity contribution in [2.75, 3.05) is 18.9 Å². The van der Waals surface area contributed by atoms with Crippen LogP contribution < -0.4 is 0 Å². The van der Waals surface area contributed by atoms with Gasteiger partial charge in [0.05, 0.1) is 3.79 Å². The van der Waals surface area contributed by atoms with Gasteiger partial charge in [-0.1, -0.05) is 29.3 Å². The van der Waals surface area contributed by atoms with E-state index in [0.29, 0.717) is 0 Å². The summed E-state index contributed by atoms with van der Waals surface area (Å²) < 4.78 is 1.22. The average Bonchev–Trinajstić information content (AvgIpc) is 2.63. The lowest BCUT2D eigenvalue weighted by molar-refractivity contribution is 0.274. The predicted octanol–water partition coefficient (Wildman–Crippen LogP) is 4.75. The van der Waals surface area contributed by atoms with Gasteiger partial charge in [0.2, 0.25) is 0 Å². The van der Waals surface area contributed by atoms with Gasteiger partial charge < -0.3 is 4.90 Å². The molecule has 4 heteroatoms. The molecule has 0 spiro atoms. The Labute approximate surface area is 119 Å². The summed E-state index contributed by atoms with van der Waals surface area (Å²) in [6, 6.07) is 2.21. The van der Waals surface area contributed by atoms with Crippen LogP contribution in [0.1, 0.15) is 25.3 Å². The fourth-order valence-electron chi connectivity index (χ4n) is 1.87. The number of halogens is 2. The SMILES string of the molecule is CCCC(CBr)CN(C)Cc1csc(Br)c1. The molecule has 0 aliphatic rings. The van der Waals surface area contributed by atoms with Crippen LogP contribution in [0.2, 0.25) is 0 Å². The third kappa shape index (κ3) is 5.30. The lowest BCUT2D eigenvalue weighted by Crippen LogP contribution is -2.26. The maximum atomic E-state index is 3.60. The largest absolute Gasteiger partial charge is 0.302 e. The van der Waals surface area contributed by atoms with Gasteiger partial charge in [-0.2, -0.15) is 0 Å². The molecule has 0 amide bonds. The Hall–Kier alpha value is 0.620. The first-order valence-electron chi connectivity index (χ1n) is 5.63. The molecule has 0 radical (unpaired) electrons. The fraction of sp³-hybridized carbons (Fsp3) is 0.667. The van der Waals surface area contributed by atoms with Crippen LogP contribution in [0.25, 0.3) is 0 Å². The van der Waals surface area contributed by atoms with Crippen LogP contribution in [0.15, 0.2) is 15.2 Å². The van der Waals surface area contributed by atoms with E-state index in [1.165, 1.54) is 28.7 Å². The van der Waals surface area contributed by atoms with Gasteiger partial charge in [-0.05, 0) is 52.3 Å². The molecule has 92 valence electrons. The summed E-state index contributed by atoms with van der Waals surface area (Å²) >= 11 is 8.87. The van der Waals surface area contributed by atoms with Crippen molar-refractivity contribution in [2.45, 2.75) is 26.3 Å². The number of hydrogen-bond donors (Lipinski definition) is 0. The molecule has 1 aromatic rings. The first-order valence-corrected chi connectivity index (χ1v) is 8.42. The Morgan fingerprint density at radius 1 is 1.50 bits per heavy atom. The monoisotopic (exact) mass is 367 g/mol. The summed E-state index contributed by atoms with van der Waals surface area (Å²) in [5.41, 5.74) is 1.41. The molecule has 1 rings (SSSR count). The fourth-order valence-corrected chi connectivity index (χ4v) is 3.60. The molecular weight excluding hydrogens is 350 g/mol. The average molecular weight is 369 g/mol. The maximum Gasteiger partial charge on any atom is 0.0701 e. The van der Waals surface area contributed by atoms with Crippen molar-refractivity contribution < 1.29 is 0 Å². The van der Waals surface area contributed by atoms with Crippen LogP contribution in [0.3, 0.4) is 0 Å². The second-order valence-corrected chi connectivity index (χ2v) is 7.20. The molecule has 0 aromatic carbocycles. The van der Waals surface area contributed by atoms with Crippen molar-refractivity contribution in [3.8, 4) is 0 Å². The number of nitrogens with zero attached hydrogens (tertiary/aromatic N) is 1. The lowest BCUT2D eigenvalue weighted by atomic mass is 10.1. The van der Waals surface area contributed by atoms with Crippen LogP contribution in [-0.2, 0) is 6.54 Å². The number of hydrogen-bond acceptors (Lipinski definition) is 2. The Balaban J connectivity index is 2.37. The van der Waals surface area contributed by atoms with Crippen molar-refractivity contribution in [2.24, 2.45) is 5.92 Å². The standard InChI is InChI=1S/C12H19Br2NS/c1-3-4-10(6-13)7-15(2)8-11-5-12(14)16-9-11/h5,9-10H,3-4,6-8H2,1-2H3. The second kappa shape index (κ2) is 7.85. The molecule has 0 saturated carbocycles. The van der Waals surface area contributed by atoms with Crippen molar-refractivity contribution in [3.05, 3.63) is 20.8 Å². The Morgan fingerprint density at radius 3 is 2.75 bits per heavy atom. The Bertz CT molecular complexity index is 301. The van der Waals surface area contributed by atoms with Crippen molar-refractivity contribution in [1.82, 2.24) is 4.90 Å². The quantitative estimate of drug-likeness (QED) is 0.627. The zero-order chi connectivity index (χ0) is 12.0. The third-order valence-electron chi connectivity index (χ3n) is 2.56. The topological polar surface area (TPSA) is 3.24 Å². The van der Waals surface area contributed by atoms with E-state index in [-0.39, 0.29) is 0 Å². The van der Waals surface area contributed by atoms with Crippen LogP contribution in [0, 0.1) is 5.92 Å². The molecule has 0 bridgehead atoms.